The minimum absolute atomic E-state index is 0.00451. The first-order valence-electron chi connectivity index (χ1n) is 8.59. The van der Waals surface area contributed by atoms with Crippen LogP contribution in [0.4, 0.5) is 0 Å². The van der Waals surface area contributed by atoms with Crippen molar-refractivity contribution in [3.05, 3.63) is 46.8 Å². The maximum atomic E-state index is 12.7. The van der Waals surface area contributed by atoms with Crippen molar-refractivity contribution in [1.29, 1.82) is 0 Å². The summed E-state index contributed by atoms with van der Waals surface area (Å²) in [5.41, 5.74) is 1.99. The van der Waals surface area contributed by atoms with Crippen LogP contribution in [0.2, 0.25) is 0 Å². The van der Waals surface area contributed by atoms with Gasteiger partial charge in [-0.05, 0) is 45.2 Å². The third-order valence-corrected chi connectivity index (χ3v) is 6.48. The first-order chi connectivity index (χ1) is 12.3. The zero-order valence-electron chi connectivity index (χ0n) is 15.2. The number of amides is 1. The number of piperidine rings is 1. The van der Waals surface area contributed by atoms with Gasteiger partial charge in [-0.2, -0.15) is 0 Å². The fraction of sp³-hybridized carbons (Fsp3) is 0.444. The number of carbonyl (C=O) groups excluding carboxylic acids is 1. The van der Waals surface area contributed by atoms with Gasteiger partial charge in [-0.15, -0.1) is 0 Å². The van der Waals surface area contributed by atoms with E-state index < -0.39 is 10.0 Å². The van der Waals surface area contributed by atoms with Gasteiger partial charge in [-0.3, -0.25) is 4.79 Å². The van der Waals surface area contributed by atoms with Crippen molar-refractivity contribution in [2.75, 3.05) is 13.1 Å². The molecule has 0 aliphatic carbocycles. The summed E-state index contributed by atoms with van der Waals surface area (Å²) < 4.78 is 32.9. The summed E-state index contributed by atoms with van der Waals surface area (Å²) in [5, 5.41) is 3.71. The highest BCUT2D eigenvalue weighted by Gasteiger charge is 2.30. The Morgan fingerprint density at radius 3 is 2.42 bits per heavy atom. The number of nitrogens with one attached hydrogen (secondary N) is 1. The van der Waals surface area contributed by atoms with Gasteiger partial charge in [0.1, 0.15) is 10.6 Å². The lowest BCUT2D eigenvalue weighted by Crippen LogP contribution is -2.46. The summed E-state index contributed by atoms with van der Waals surface area (Å²) in [5.74, 6) is 0.275. The van der Waals surface area contributed by atoms with Gasteiger partial charge in [0, 0.05) is 24.7 Å². The van der Waals surface area contributed by atoms with Gasteiger partial charge < -0.3 is 9.42 Å². The van der Waals surface area contributed by atoms with E-state index in [9.17, 15) is 13.2 Å². The first kappa shape index (κ1) is 18.6. The lowest BCUT2D eigenvalue weighted by Gasteiger charge is -2.32. The molecule has 2 heterocycles. The molecule has 1 amide bonds. The molecule has 1 fully saturated rings. The quantitative estimate of drug-likeness (QED) is 0.882. The number of aryl methyl sites for hydroxylation is 3. The molecule has 7 nitrogen and oxygen atoms in total. The van der Waals surface area contributed by atoms with Crippen LogP contribution >= 0.6 is 0 Å². The molecule has 1 aromatic carbocycles. The molecule has 26 heavy (non-hydrogen) atoms. The van der Waals surface area contributed by atoms with Gasteiger partial charge in [0.2, 0.25) is 10.0 Å². The number of rotatable bonds is 4. The smallest absolute Gasteiger partial charge is 0.254 e. The highest BCUT2D eigenvalue weighted by molar-refractivity contribution is 7.89. The molecule has 1 aliphatic rings. The molecule has 3 rings (SSSR count). The second kappa shape index (κ2) is 7.20. The minimum Gasteiger partial charge on any atom is -0.360 e. The lowest BCUT2D eigenvalue weighted by molar-refractivity contribution is 0.0710. The van der Waals surface area contributed by atoms with Crippen LogP contribution in [0.25, 0.3) is 0 Å². The Hall–Kier alpha value is -2.19. The molecule has 1 saturated heterocycles. The number of carbonyl (C=O) groups is 1. The van der Waals surface area contributed by atoms with E-state index in [-0.39, 0.29) is 22.6 Å². The second-order valence-electron chi connectivity index (χ2n) is 6.66. The van der Waals surface area contributed by atoms with E-state index in [0.717, 1.165) is 5.56 Å². The van der Waals surface area contributed by atoms with E-state index in [1.165, 1.54) is 0 Å². The molecule has 2 aromatic rings. The SMILES string of the molecule is Cc1ccccc1C(=O)N1CCC(NS(=O)(=O)c2c(C)noc2C)CC1. The summed E-state index contributed by atoms with van der Waals surface area (Å²) in [6.45, 7) is 6.13. The average Bonchev–Trinajstić information content (AvgIpc) is 2.94. The summed E-state index contributed by atoms with van der Waals surface area (Å²) >= 11 is 0. The fourth-order valence-corrected chi connectivity index (χ4v) is 4.95. The Bertz CT molecular complexity index is 893. The van der Waals surface area contributed by atoms with Crippen LogP contribution < -0.4 is 4.72 Å². The molecule has 0 atom stereocenters. The summed E-state index contributed by atoms with van der Waals surface area (Å²) in [6, 6.07) is 7.28. The number of likely N-dealkylation sites (tertiary alicyclic amines) is 1. The molecule has 1 aromatic heterocycles. The van der Waals surface area contributed by atoms with Crippen molar-refractivity contribution in [3.8, 4) is 0 Å². The van der Waals surface area contributed by atoms with E-state index >= 15 is 0 Å². The normalized spacial score (nSPS) is 16.0. The maximum Gasteiger partial charge on any atom is 0.254 e. The van der Waals surface area contributed by atoms with Gasteiger partial charge in [0.05, 0.1) is 0 Å². The van der Waals surface area contributed by atoms with Gasteiger partial charge in [-0.1, -0.05) is 23.4 Å². The Labute approximate surface area is 153 Å². The van der Waals surface area contributed by atoms with Crippen LogP contribution in [0.3, 0.4) is 0 Å². The molecule has 0 bridgehead atoms. The molecule has 140 valence electrons. The van der Waals surface area contributed by atoms with Crippen LogP contribution in [-0.2, 0) is 10.0 Å². The fourth-order valence-electron chi connectivity index (χ4n) is 3.32. The zero-order chi connectivity index (χ0) is 18.9. The van der Waals surface area contributed by atoms with Crippen molar-refractivity contribution in [3.63, 3.8) is 0 Å². The second-order valence-corrected chi connectivity index (χ2v) is 8.31. The topological polar surface area (TPSA) is 92.5 Å². The monoisotopic (exact) mass is 377 g/mol. The van der Waals surface area contributed by atoms with Crippen molar-refractivity contribution in [2.45, 2.75) is 44.6 Å². The number of aromatic nitrogens is 1. The molecule has 0 unspecified atom stereocenters. The van der Waals surface area contributed by atoms with Crippen molar-refractivity contribution >= 4 is 15.9 Å². The van der Waals surface area contributed by atoms with E-state index in [1.807, 2.05) is 31.2 Å². The first-order valence-corrected chi connectivity index (χ1v) is 10.1. The van der Waals surface area contributed by atoms with Crippen LogP contribution in [0.15, 0.2) is 33.7 Å². The molecule has 0 saturated carbocycles. The van der Waals surface area contributed by atoms with Crippen molar-refractivity contribution in [1.82, 2.24) is 14.8 Å². The molecule has 8 heteroatoms. The maximum absolute atomic E-state index is 12.7. The predicted octanol–water partition coefficient (Wildman–Crippen LogP) is 2.18. The van der Waals surface area contributed by atoms with Crippen LogP contribution in [0.1, 0.15) is 40.2 Å². The molecule has 1 aliphatic heterocycles. The molecule has 0 radical (unpaired) electrons. The van der Waals surface area contributed by atoms with E-state index in [2.05, 4.69) is 9.88 Å². The van der Waals surface area contributed by atoms with Gasteiger partial charge in [-0.25, -0.2) is 13.1 Å². The third kappa shape index (κ3) is 3.66. The Morgan fingerprint density at radius 1 is 1.19 bits per heavy atom. The predicted molar refractivity (Wildman–Crippen MR) is 96.4 cm³/mol. The molecule has 0 spiro atoms. The Morgan fingerprint density at radius 2 is 1.85 bits per heavy atom. The molecule has 1 N–H and O–H groups in total. The number of benzene rings is 1. The van der Waals surface area contributed by atoms with Crippen molar-refractivity contribution < 1.29 is 17.7 Å². The van der Waals surface area contributed by atoms with Gasteiger partial charge >= 0.3 is 0 Å². The molecular formula is C18H23N3O4S. The summed E-state index contributed by atoms with van der Waals surface area (Å²) in [7, 11) is -3.68. The number of hydrogen-bond acceptors (Lipinski definition) is 5. The third-order valence-electron chi connectivity index (χ3n) is 4.72. The van der Waals surface area contributed by atoms with Crippen molar-refractivity contribution in [2.24, 2.45) is 0 Å². The van der Waals surface area contributed by atoms with Gasteiger partial charge in [0.25, 0.3) is 5.91 Å². The minimum atomic E-state index is -3.68. The summed E-state index contributed by atoms with van der Waals surface area (Å²) in [4.78, 5) is 14.5. The average molecular weight is 377 g/mol. The van der Waals surface area contributed by atoms with E-state index in [0.29, 0.717) is 37.2 Å². The van der Waals surface area contributed by atoms with Crippen LogP contribution in [0.5, 0.6) is 0 Å². The number of hydrogen-bond donors (Lipinski definition) is 1. The Balaban J connectivity index is 1.64. The molecular weight excluding hydrogens is 354 g/mol. The van der Waals surface area contributed by atoms with Crippen LogP contribution in [0, 0.1) is 20.8 Å². The summed E-state index contributed by atoms with van der Waals surface area (Å²) in [6.07, 6.45) is 1.14. The largest absolute Gasteiger partial charge is 0.360 e. The van der Waals surface area contributed by atoms with Gasteiger partial charge in [0.15, 0.2) is 5.76 Å². The van der Waals surface area contributed by atoms with E-state index in [4.69, 9.17) is 4.52 Å². The van der Waals surface area contributed by atoms with Crippen LogP contribution in [-0.4, -0.2) is 43.5 Å². The lowest BCUT2D eigenvalue weighted by atomic mass is 10.0. The standard InChI is InChI=1S/C18H23N3O4S/c1-12-6-4-5-7-16(12)18(22)21-10-8-15(9-11-21)20-26(23,24)17-13(2)19-25-14(17)3/h4-7,15,20H,8-11H2,1-3H3. The highest BCUT2D eigenvalue weighted by Crippen LogP contribution is 2.22. The Kier molecular flexibility index (Phi) is 5.15. The van der Waals surface area contributed by atoms with E-state index in [1.54, 1.807) is 18.7 Å². The zero-order valence-corrected chi connectivity index (χ0v) is 16.0. The highest BCUT2D eigenvalue weighted by atomic mass is 32.2. The number of sulfonamides is 1. The number of nitrogens with zero attached hydrogens (tertiary/aromatic N) is 2.